The number of aromatic nitrogens is 17. The van der Waals surface area contributed by atoms with Crippen LogP contribution in [0.1, 0.15) is 76.6 Å². The fraction of sp³-hybridized carbons (Fsp3) is 0.246. The second kappa shape index (κ2) is 49.9. The molecule has 14 aromatic heterocycles. The van der Waals surface area contributed by atoms with Gasteiger partial charge in [0, 0.05) is 107 Å². The van der Waals surface area contributed by atoms with E-state index in [0.717, 1.165) is 50.4 Å². The summed E-state index contributed by atoms with van der Waals surface area (Å²) < 4.78 is 27.3. The zero-order valence-corrected chi connectivity index (χ0v) is 53.7. The lowest BCUT2D eigenvalue weighted by atomic mass is 10.5. The Labute approximate surface area is 510 Å². The van der Waals surface area contributed by atoms with E-state index >= 15 is 0 Å². The maximum atomic E-state index is 4.83. The third-order valence-electron chi connectivity index (χ3n) is 8.28. The number of nitrogens with zero attached hydrogens (tertiary/aromatic N) is 13. The minimum Gasteiger partial charge on any atom is -0.470 e. The van der Waals surface area contributed by atoms with Gasteiger partial charge in [-0.1, -0.05) is 11.2 Å². The van der Waals surface area contributed by atoms with Crippen molar-refractivity contribution >= 4 is 56.9 Å². The molecule has 0 spiro atoms. The SMILES string of the molecule is Cc1ccc[nH]1.Cc1ccco1.Cc1cccs1.Cc1ccn[nH]1.Cc1ccno1.Cc1ccns1.Cc1cnc[nH]1.Cc1cnco1.Cc1cncs1.Cc1ncc[nH]1.Cc1ncco1.Cc1nccs1.Cc1nnco1.Cc1nncs1. The first-order valence-corrected chi connectivity index (χ1v) is 29.4. The molecule has 0 aliphatic heterocycles. The van der Waals surface area contributed by atoms with Crippen LogP contribution in [0.2, 0.25) is 0 Å². The lowest BCUT2D eigenvalue weighted by molar-refractivity contribution is 0.397. The molecule has 0 aromatic carbocycles. The van der Waals surface area contributed by atoms with Gasteiger partial charge in [0.25, 0.3) is 0 Å². The molecule has 84 heavy (non-hydrogen) atoms. The summed E-state index contributed by atoms with van der Waals surface area (Å²) in [6, 6.07) is 17.7. The molecule has 0 atom stereocenters. The van der Waals surface area contributed by atoms with Crippen LogP contribution in [0.5, 0.6) is 0 Å². The molecular formula is C57H75N17O5S5. The van der Waals surface area contributed by atoms with Gasteiger partial charge in [-0.15, -0.1) is 65.7 Å². The van der Waals surface area contributed by atoms with Crippen LogP contribution in [0.4, 0.5) is 0 Å². The van der Waals surface area contributed by atoms with Crippen molar-refractivity contribution in [3.8, 4) is 0 Å². The molecule has 14 rings (SSSR count). The molecule has 27 heteroatoms. The molecule has 0 saturated carbocycles. The van der Waals surface area contributed by atoms with Crippen molar-refractivity contribution in [2.24, 2.45) is 0 Å². The molecule has 22 nitrogen and oxygen atoms in total. The van der Waals surface area contributed by atoms with Crippen molar-refractivity contribution in [3.05, 3.63) is 253 Å². The van der Waals surface area contributed by atoms with Crippen molar-refractivity contribution in [3.63, 3.8) is 0 Å². The number of thiazole rings is 2. The first-order chi connectivity index (χ1) is 40.5. The number of aromatic amines is 4. The third-order valence-corrected chi connectivity index (χ3v) is 11.8. The minimum atomic E-state index is 0.606. The highest BCUT2D eigenvalue weighted by Crippen LogP contribution is 2.04. The second-order valence-electron chi connectivity index (χ2n) is 15.9. The van der Waals surface area contributed by atoms with Crippen LogP contribution in [0, 0.1) is 96.9 Å². The molecule has 448 valence electrons. The number of furan rings is 1. The summed E-state index contributed by atoms with van der Waals surface area (Å²) >= 11 is 8.19. The Balaban J connectivity index is 0.000000452. The van der Waals surface area contributed by atoms with Crippen molar-refractivity contribution < 1.29 is 22.2 Å². The summed E-state index contributed by atoms with van der Waals surface area (Å²) in [7, 11) is 0. The number of aryl methyl sites for hydroxylation is 14. The van der Waals surface area contributed by atoms with Gasteiger partial charge in [-0.3, -0.25) is 15.1 Å². The zero-order chi connectivity index (χ0) is 61.7. The van der Waals surface area contributed by atoms with Gasteiger partial charge in [-0.2, -0.15) is 5.10 Å². The minimum absolute atomic E-state index is 0.606. The first kappa shape index (κ1) is 73.1. The quantitative estimate of drug-likeness (QED) is 0.110. The van der Waals surface area contributed by atoms with Gasteiger partial charge in [0.05, 0.1) is 41.7 Å². The Morgan fingerprint density at radius 1 is 0.440 bits per heavy atom. The van der Waals surface area contributed by atoms with E-state index in [2.05, 4.69) is 118 Å². The summed E-state index contributed by atoms with van der Waals surface area (Å²) in [6.07, 6.45) is 26.9. The number of imidazole rings is 2. The number of nitrogens with one attached hydrogen (secondary N) is 4. The van der Waals surface area contributed by atoms with Gasteiger partial charge in [0.2, 0.25) is 12.3 Å². The number of rotatable bonds is 0. The lowest BCUT2D eigenvalue weighted by Gasteiger charge is -1.70. The molecule has 0 amide bonds. The van der Waals surface area contributed by atoms with E-state index in [0.29, 0.717) is 5.89 Å². The van der Waals surface area contributed by atoms with E-state index < -0.39 is 0 Å². The van der Waals surface area contributed by atoms with Crippen molar-refractivity contribution in [1.29, 1.82) is 0 Å². The van der Waals surface area contributed by atoms with Crippen LogP contribution >= 0.6 is 56.9 Å². The molecule has 0 saturated heterocycles. The van der Waals surface area contributed by atoms with Gasteiger partial charge < -0.3 is 37.1 Å². The summed E-state index contributed by atoms with van der Waals surface area (Å²) in [5.41, 5.74) is 6.98. The normalized spacial score (nSPS) is 8.83. The van der Waals surface area contributed by atoms with Crippen molar-refractivity contribution in [1.82, 2.24) is 85.0 Å². The van der Waals surface area contributed by atoms with Gasteiger partial charge in [-0.25, -0.2) is 24.3 Å². The van der Waals surface area contributed by atoms with Gasteiger partial charge >= 0.3 is 0 Å². The number of hydrogen-bond acceptors (Lipinski definition) is 23. The van der Waals surface area contributed by atoms with Gasteiger partial charge in [-0.05, 0) is 142 Å². The predicted octanol–water partition coefficient (Wildman–Crippen LogP) is 15.7. The highest BCUT2D eigenvalue weighted by Gasteiger charge is 1.83. The predicted molar refractivity (Wildman–Crippen MR) is 336 cm³/mol. The average Bonchev–Trinajstić information content (AvgIpc) is 4.27. The van der Waals surface area contributed by atoms with Gasteiger partial charge in [0.1, 0.15) is 39.9 Å². The number of hydrogen-bond donors (Lipinski definition) is 4. The number of H-pyrrole nitrogens is 4. The highest BCUT2D eigenvalue weighted by atomic mass is 32.1. The lowest BCUT2D eigenvalue weighted by Crippen LogP contribution is -1.66. The standard InChI is InChI=1S/C5H7N.C5H6O.C5H6S.3C4H6N2.3C4H5NO.3C4H5NS.C3H4N2O.C3H4N2S/c3*1-5-3-2-4-6-5;1-4-2-5-3-6-4;1-4-5-2-3-6-4;1-4-2-3-5-6-4;1-4-2-5-3-6-4;1-4-5-2-3-6-4;1-4-2-3-5-6-4;1-4-2-5-3-6-4;1-4-5-2-3-6-4;1-4-2-3-5-6-4;2*1-3-5-4-2-6-3/h2-4,6H,1H3;2*2-4H,1H3;3*2-3H,1H3,(H,5,6);6*2-3H,1H3;2*2H,1H3. The summed E-state index contributed by atoms with van der Waals surface area (Å²) in [4.78, 5) is 35.5. The fourth-order valence-corrected chi connectivity index (χ4v) is 6.43. The molecule has 14 aromatic rings. The van der Waals surface area contributed by atoms with Crippen LogP contribution in [0.3, 0.4) is 0 Å². The van der Waals surface area contributed by atoms with E-state index in [-0.39, 0.29) is 0 Å². The molecule has 0 unspecified atom stereocenters. The summed E-state index contributed by atoms with van der Waals surface area (Å²) in [6.45, 7) is 27.1. The average molecular weight is 1240 g/mol. The van der Waals surface area contributed by atoms with Crippen LogP contribution in [-0.2, 0) is 0 Å². The Morgan fingerprint density at radius 2 is 1.27 bits per heavy atom. The molecule has 0 aliphatic rings. The second-order valence-corrected chi connectivity index (χ2v) is 21.4. The molecule has 0 aliphatic carbocycles. The van der Waals surface area contributed by atoms with E-state index in [1.807, 2.05) is 136 Å². The van der Waals surface area contributed by atoms with E-state index in [4.69, 9.17) is 13.3 Å². The third kappa shape index (κ3) is 47.9. The van der Waals surface area contributed by atoms with Gasteiger partial charge in [0.15, 0.2) is 12.3 Å². The zero-order valence-electron chi connectivity index (χ0n) is 49.6. The number of thiophene rings is 1. The molecule has 0 bridgehead atoms. The van der Waals surface area contributed by atoms with Crippen LogP contribution in [-0.4, -0.2) is 85.0 Å². The van der Waals surface area contributed by atoms with E-state index in [1.54, 1.807) is 145 Å². The smallest absolute Gasteiger partial charge is 0.213 e. The molecule has 4 N–H and O–H groups in total. The summed E-state index contributed by atoms with van der Waals surface area (Å²) in [5, 5.41) is 30.3. The molecular weight excluding hydrogens is 1160 g/mol. The van der Waals surface area contributed by atoms with Crippen LogP contribution in [0.25, 0.3) is 0 Å². The maximum Gasteiger partial charge on any atom is 0.213 e. The summed E-state index contributed by atoms with van der Waals surface area (Å²) in [5.74, 6) is 4.97. The topological polar surface area (TPSA) is 296 Å². The van der Waals surface area contributed by atoms with Crippen molar-refractivity contribution in [2.75, 3.05) is 0 Å². The van der Waals surface area contributed by atoms with Crippen LogP contribution < -0.4 is 0 Å². The van der Waals surface area contributed by atoms with E-state index in [9.17, 15) is 0 Å². The van der Waals surface area contributed by atoms with Crippen molar-refractivity contribution in [2.45, 2.75) is 96.9 Å². The molecule has 0 radical (unpaired) electrons. The van der Waals surface area contributed by atoms with E-state index in [1.165, 1.54) is 44.6 Å². The molecule has 14 heterocycles. The Morgan fingerprint density at radius 3 is 1.44 bits per heavy atom. The largest absolute Gasteiger partial charge is 0.470 e. The Hall–Kier alpha value is -8.89. The molecule has 0 fully saturated rings. The monoisotopic (exact) mass is 1240 g/mol. The fourth-order valence-electron chi connectivity index (χ4n) is 4.30. The first-order valence-electron chi connectivity index (χ1n) is 25.1. The maximum absolute atomic E-state index is 4.83. The van der Waals surface area contributed by atoms with Crippen LogP contribution in [0.15, 0.2) is 198 Å². The Bertz CT molecular complexity index is 2420. The highest BCUT2D eigenvalue weighted by molar-refractivity contribution is 7.10. The Kier molecular flexibility index (Phi) is 43.4. The number of oxazole rings is 2.